The lowest BCUT2D eigenvalue weighted by Gasteiger charge is -2.24. The molecule has 0 aromatic heterocycles. The number of aliphatic hydroxyl groups excluding tert-OH is 3. The van der Waals surface area contributed by atoms with Gasteiger partial charge in [0.15, 0.2) is 0 Å². The minimum Gasteiger partial charge on any atom is -0.455 e. The van der Waals surface area contributed by atoms with Crippen LogP contribution in [0.3, 0.4) is 0 Å². The molecular weight excluding hydrogens is 556 g/mol. The SMILES string of the molecule is CCCCCCCCCC[C@H](O)[C@H]1CC[C@H]([C@H]2CC[C@H]([C@@H](O)CCCCC(O)CCCCCCCC3=CC(C)OC3=O)O2)O1. The fourth-order valence-electron chi connectivity index (χ4n) is 7.27. The Kier molecular flexibility index (Phi) is 18.5. The van der Waals surface area contributed by atoms with Crippen LogP contribution in [0.4, 0.5) is 0 Å². The standard InChI is InChI=1S/C37H66O7/c1-3-4-5-6-7-8-12-15-21-31(39)33-23-25-35(43-33)36-26-24-34(44-36)32(40)22-17-16-20-30(38)19-14-11-9-10-13-18-29-27-28(2)42-37(29)41/h27-28,30-36,38-40H,3-26H2,1-2H3/t28?,30?,31-,32-,33+,34+,35+,36+/m0/s1. The molecule has 3 rings (SSSR count). The first-order valence-corrected chi connectivity index (χ1v) is 18.6. The summed E-state index contributed by atoms with van der Waals surface area (Å²) in [5.41, 5.74) is 0.828. The molecule has 3 aliphatic rings. The minimum atomic E-state index is -0.466. The number of carbonyl (C=O) groups is 1. The van der Waals surface area contributed by atoms with Crippen molar-refractivity contribution in [2.45, 2.75) is 217 Å². The van der Waals surface area contributed by atoms with Gasteiger partial charge in [-0.15, -0.1) is 0 Å². The number of cyclic esters (lactones) is 1. The molecule has 0 bridgehead atoms. The van der Waals surface area contributed by atoms with Crippen LogP contribution in [0.2, 0.25) is 0 Å². The number of hydrogen-bond donors (Lipinski definition) is 3. The molecule has 7 heteroatoms. The normalized spacial score (nSPS) is 27.4. The Bertz CT molecular complexity index is 801. The molecule has 0 radical (unpaired) electrons. The molecule has 44 heavy (non-hydrogen) atoms. The van der Waals surface area contributed by atoms with Crippen molar-refractivity contribution >= 4 is 5.97 Å². The van der Waals surface area contributed by atoms with Gasteiger partial charge in [0.2, 0.25) is 0 Å². The van der Waals surface area contributed by atoms with Gasteiger partial charge >= 0.3 is 5.97 Å². The van der Waals surface area contributed by atoms with Crippen LogP contribution in [0.5, 0.6) is 0 Å². The lowest BCUT2D eigenvalue weighted by atomic mass is 9.99. The van der Waals surface area contributed by atoms with Crippen molar-refractivity contribution < 1.29 is 34.3 Å². The second-order valence-electron chi connectivity index (χ2n) is 14.0. The van der Waals surface area contributed by atoms with E-state index >= 15 is 0 Å². The Morgan fingerprint density at radius 3 is 1.64 bits per heavy atom. The van der Waals surface area contributed by atoms with E-state index in [1.807, 2.05) is 13.0 Å². The number of hydrogen-bond acceptors (Lipinski definition) is 7. The predicted molar refractivity (Wildman–Crippen MR) is 175 cm³/mol. The van der Waals surface area contributed by atoms with Crippen molar-refractivity contribution in [1.29, 1.82) is 0 Å². The molecule has 2 unspecified atom stereocenters. The maximum absolute atomic E-state index is 11.6. The molecule has 7 nitrogen and oxygen atoms in total. The van der Waals surface area contributed by atoms with Crippen molar-refractivity contribution in [2.75, 3.05) is 0 Å². The first kappa shape index (κ1) is 37.5. The lowest BCUT2D eigenvalue weighted by molar-refractivity contribution is -0.139. The van der Waals surface area contributed by atoms with Gasteiger partial charge in [-0.25, -0.2) is 4.79 Å². The number of unbranched alkanes of at least 4 members (excludes halogenated alkanes) is 12. The van der Waals surface area contributed by atoms with Gasteiger partial charge in [-0.05, 0) is 77.2 Å². The van der Waals surface area contributed by atoms with Crippen molar-refractivity contribution in [3.05, 3.63) is 11.6 Å². The van der Waals surface area contributed by atoms with E-state index in [0.29, 0.717) is 6.42 Å². The number of esters is 1. The van der Waals surface area contributed by atoms with E-state index in [1.165, 1.54) is 44.9 Å². The molecular formula is C37H66O7. The first-order valence-electron chi connectivity index (χ1n) is 18.6. The molecule has 8 atom stereocenters. The van der Waals surface area contributed by atoms with Crippen molar-refractivity contribution in [3.8, 4) is 0 Å². The van der Waals surface area contributed by atoms with Gasteiger partial charge in [-0.3, -0.25) is 0 Å². The van der Waals surface area contributed by atoms with E-state index in [1.54, 1.807) is 0 Å². The monoisotopic (exact) mass is 622 g/mol. The molecule has 0 aromatic carbocycles. The van der Waals surface area contributed by atoms with Gasteiger partial charge in [-0.2, -0.15) is 0 Å². The topological polar surface area (TPSA) is 105 Å². The van der Waals surface area contributed by atoms with E-state index in [-0.39, 0.29) is 48.7 Å². The Morgan fingerprint density at radius 1 is 0.659 bits per heavy atom. The molecule has 0 saturated carbocycles. The highest BCUT2D eigenvalue weighted by molar-refractivity contribution is 5.90. The third-order valence-corrected chi connectivity index (χ3v) is 10.1. The lowest BCUT2D eigenvalue weighted by Crippen LogP contribution is -2.33. The summed E-state index contributed by atoms with van der Waals surface area (Å²) < 4.78 is 17.7. The van der Waals surface area contributed by atoms with E-state index in [4.69, 9.17) is 14.2 Å². The van der Waals surface area contributed by atoms with Crippen LogP contribution in [-0.4, -0.2) is 70.1 Å². The summed E-state index contributed by atoms with van der Waals surface area (Å²) in [4.78, 5) is 11.6. The molecule has 256 valence electrons. The number of ether oxygens (including phenoxy) is 3. The summed E-state index contributed by atoms with van der Waals surface area (Å²) in [7, 11) is 0. The number of carbonyl (C=O) groups excluding carboxylic acids is 1. The van der Waals surface area contributed by atoms with E-state index < -0.39 is 6.10 Å². The predicted octanol–water partition coefficient (Wildman–Crippen LogP) is 7.86. The van der Waals surface area contributed by atoms with Crippen LogP contribution in [0, 0.1) is 0 Å². The molecule has 2 saturated heterocycles. The summed E-state index contributed by atoms with van der Waals surface area (Å²) in [6, 6.07) is 0. The third-order valence-electron chi connectivity index (χ3n) is 10.1. The molecule has 0 spiro atoms. The fourth-order valence-corrected chi connectivity index (χ4v) is 7.27. The van der Waals surface area contributed by atoms with Gasteiger partial charge in [0, 0.05) is 5.57 Å². The Labute approximate surface area is 268 Å². The molecule has 3 heterocycles. The third kappa shape index (κ3) is 14.2. The second kappa shape index (κ2) is 21.7. The smallest absolute Gasteiger partial charge is 0.334 e. The maximum Gasteiger partial charge on any atom is 0.334 e. The average molecular weight is 623 g/mol. The quantitative estimate of drug-likeness (QED) is 0.0703. The fraction of sp³-hybridized carbons (Fsp3) is 0.919. The Hall–Kier alpha value is -0.990. The van der Waals surface area contributed by atoms with E-state index in [0.717, 1.165) is 108 Å². The van der Waals surface area contributed by atoms with E-state index in [2.05, 4.69) is 6.92 Å². The van der Waals surface area contributed by atoms with Gasteiger partial charge in [0.1, 0.15) is 6.10 Å². The van der Waals surface area contributed by atoms with Gasteiger partial charge < -0.3 is 29.5 Å². The first-order chi connectivity index (χ1) is 21.4. The Balaban J connectivity index is 1.14. The van der Waals surface area contributed by atoms with Crippen LogP contribution in [-0.2, 0) is 19.0 Å². The van der Waals surface area contributed by atoms with Crippen molar-refractivity contribution in [3.63, 3.8) is 0 Å². The van der Waals surface area contributed by atoms with Crippen LogP contribution < -0.4 is 0 Å². The summed E-state index contributed by atoms with van der Waals surface area (Å²) in [5.74, 6) is -0.152. The highest BCUT2D eigenvalue weighted by Gasteiger charge is 2.40. The molecule has 0 amide bonds. The van der Waals surface area contributed by atoms with Crippen molar-refractivity contribution in [2.24, 2.45) is 0 Å². The largest absolute Gasteiger partial charge is 0.455 e. The van der Waals surface area contributed by atoms with E-state index in [9.17, 15) is 20.1 Å². The van der Waals surface area contributed by atoms with Gasteiger partial charge in [0.25, 0.3) is 0 Å². The van der Waals surface area contributed by atoms with Gasteiger partial charge in [-0.1, -0.05) is 96.8 Å². The van der Waals surface area contributed by atoms with Crippen molar-refractivity contribution in [1.82, 2.24) is 0 Å². The molecule has 3 N–H and O–H groups in total. The molecule has 0 aromatic rings. The highest BCUT2D eigenvalue weighted by atomic mass is 16.6. The zero-order valence-electron chi connectivity index (χ0n) is 28.1. The Morgan fingerprint density at radius 2 is 1.11 bits per heavy atom. The molecule has 0 aliphatic carbocycles. The summed E-state index contributed by atoms with van der Waals surface area (Å²) >= 11 is 0. The average Bonchev–Trinajstić information content (AvgIpc) is 3.76. The molecule has 2 fully saturated rings. The minimum absolute atomic E-state index is 0.0248. The van der Waals surface area contributed by atoms with Crippen LogP contribution in [0.15, 0.2) is 11.6 Å². The number of aliphatic hydroxyl groups is 3. The zero-order valence-corrected chi connectivity index (χ0v) is 28.1. The van der Waals surface area contributed by atoms with Crippen LogP contribution in [0.25, 0.3) is 0 Å². The van der Waals surface area contributed by atoms with Crippen LogP contribution >= 0.6 is 0 Å². The summed E-state index contributed by atoms with van der Waals surface area (Å²) in [5, 5.41) is 31.8. The van der Waals surface area contributed by atoms with Gasteiger partial charge in [0.05, 0.1) is 42.7 Å². The summed E-state index contributed by atoms with van der Waals surface area (Å²) in [6.45, 7) is 4.14. The molecule has 3 aliphatic heterocycles. The maximum atomic E-state index is 11.6. The van der Waals surface area contributed by atoms with Crippen LogP contribution in [0.1, 0.15) is 168 Å². The summed E-state index contributed by atoms with van der Waals surface area (Å²) in [6.07, 6.45) is 25.6. The number of rotatable bonds is 25. The highest BCUT2D eigenvalue weighted by Crippen LogP contribution is 2.34. The zero-order chi connectivity index (χ0) is 31.6. The second-order valence-corrected chi connectivity index (χ2v) is 14.0.